The van der Waals surface area contributed by atoms with Crippen molar-refractivity contribution in [2.45, 2.75) is 62.0 Å². The van der Waals surface area contributed by atoms with Crippen molar-refractivity contribution in [1.29, 1.82) is 0 Å². The summed E-state index contributed by atoms with van der Waals surface area (Å²) in [5.41, 5.74) is 5.64. The number of sulfonamides is 1. The van der Waals surface area contributed by atoms with Crippen molar-refractivity contribution >= 4 is 49.6 Å². The molecule has 6 heterocycles. The molecule has 0 bridgehead atoms. The molecule has 1 spiro atoms. The molecule has 4 aliphatic rings. The van der Waals surface area contributed by atoms with Crippen LogP contribution in [0, 0.1) is 15.5 Å². The number of carbonyl (C=O) groups excluding carboxylic acids is 1. The van der Waals surface area contributed by atoms with Crippen LogP contribution >= 0.6 is 0 Å². The van der Waals surface area contributed by atoms with E-state index in [-0.39, 0.29) is 40.8 Å². The van der Waals surface area contributed by atoms with E-state index in [1.807, 2.05) is 18.2 Å². The molecule has 10 rings (SSSR count). The maximum atomic E-state index is 14.0. The third kappa shape index (κ3) is 7.73. The second kappa shape index (κ2) is 15.8. The second-order valence-electron chi connectivity index (χ2n) is 17.2. The summed E-state index contributed by atoms with van der Waals surface area (Å²) in [7, 11) is -4.65. The van der Waals surface area contributed by atoms with E-state index in [0.717, 1.165) is 67.3 Å². The number of likely N-dealkylation sites (tertiary alicyclic amines) is 1. The average molecular weight is 867 g/mol. The first-order chi connectivity index (χ1) is 30.4. The van der Waals surface area contributed by atoms with E-state index in [0.29, 0.717) is 29.9 Å². The summed E-state index contributed by atoms with van der Waals surface area (Å²) in [6, 6.07) is 25.5. The van der Waals surface area contributed by atoms with Crippen LogP contribution in [0.5, 0.6) is 17.2 Å². The highest BCUT2D eigenvalue weighted by molar-refractivity contribution is 7.90. The van der Waals surface area contributed by atoms with E-state index < -0.39 is 31.4 Å². The molecule has 3 aromatic heterocycles. The normalized spacial score (nSPS) is 19.3. The number of nitrogens with zero attached hydrogens (tertiary/aromatic N) is 5. The first-order valence-corrected chi connectivity index (χ1v) is 22.6. The van der Waals surface area contributed by atoms with Crippen molar-refractivity contribution in [2.75, 3.05) is 36.5 Å². The molecule has 0 radical (unpaired) electrons. The lowest BCUT2D eigenvalue weighted by molar-refractivity contribution is -0.384. The number of carbonyl (C=O) groups is 1. The van der Waals surface area contributed by atoms with Gasteiger partial charge in [0.25, 0.3) is 21.6 Å². The molecule has 1 saturated carbocycles. The van der Waals surface area contributed by atoms with Crippen LogP contribution in [-0.4, -0.2) is 77.4 Å². The molecule has 2 saturated heterocycles. The number of nitrogens with one attached hydrogen (secondary N) is 3. The van der Waals surface area contributed by atoms with Gasteiger partial charge in [-0.15, -0.1) is 0 Å². The van der Waals surface area contributed by atoms with Crippen LogP contribution in [0.3, 0.4) is 0 Å². The fourth-order valence-corrected chi connectivity index (χ4v) is 10.9. The molecule has 2 atom stereocenters. The van der Waals surface area contributed by atoms with Gasteiger partial charge in [-0.1, -0.05) is 42.5 Å². The molecule has 3 N–H and O–H groups in total. The number of benzene rings is 3. The Morgan fingerprint density at radius 1 is 1.05 bits per heavy atom. The zero-order chi connectivity index (χ0) is 43.5. The number of nitro groups is 1. The molecule has 16 heteroatoms. The fraction of sp³-hybridized carbons (Fsp3) is 0.298. The lowest BCUT2D eigenvalue weighted by Gasteiger charge is -2.62. The minimum atomic E-state index is -4.65. The largest absolute Gasteiger partial charge is 0.489 e. The predicted octanol–water partition coefficient (Wildman–Crippen LogP) is 8.03. The number of hydrogen-bond acceptors (Lipinski definition) is 12. The Morgan fingerprint density at radius 3 is 2.67 bits per heavy atom. The molecule has 6 aromatic rings. The SMILES string of the molecule is C=C(C)c1ccccc1C1CCCN1C1CC2(C1)CN(c1ccc(C(=O)NS(=O)(=O)c3cc4c(c([N+](=O)[O-])c3)NC(Cc3ccccn3)CO4)c(Oc3cnc4[nH]ccc4c3)c1)C2. The van der Waals surface area contributed by atoms with Gasteiger partial charge in [-0.3, -0.25) is 24.8 Å². The average Bonchev–Trinajstić information content (AvgIpc) is 3.93. The Morgan fingerprint density at radius 2 is 1.87 bits per heavy atom. The topological polar surface area (TPSA) is 185 Å². The van der Waals surface area contributed by atoms with Crippen LogP contribution in [0.4, 0.5) is 17.1 Å². The summed E-state index contributed by atoms with van der Waals surface area (Å²) in [6.07, 6.45) is 9.89. The Kier molecular flexibility index (Phi) is 10.1. The Balaban J connectivity index is 0.869. The summed E-state index contributed by atoms with van der Waals surface area (Å²) in [4.78, 5) is 41.9. The van der Waals surface area contributed by atoms with Gasteiger partial charge < -0.3 is 24.7 Å². The number of amides is 1. The smallest absolute Gasteiger partial charge is 0.297 e. The number of hydrogen-bond donors (Lipinski definition) is 3. The lowest BCUT2D eigenvalue weighted by Crippen LogP contribution is -2.66. The number of fused-ring (bicyclic) bond motifs is 2. The van der Waals surface area contributed by atoms with Crippen molar-refractivity contribution in [3.05, 3.63) is 143 Å². The zero-order valence-electron chi connectivity index (χ0n) is 34.6. The summed E-state index contributed by atoms with van der Waals surface area (Å²) in [6.45, 7) is 9.21. The fourth-order valence-electron chi connectivity index (χ4n) is 9.88. The van der Waals surface area contributed by atoms with Crippen LogP contribution in [0.1, 0.15) is 65.8 Å². The first-order valence-electron chi connectivity index (χ1n) is 21.1. The standard InChI is InChI=1S/C47H46N8O7S/c1-29(2)37-9-3-4-10-38(37)40-11-7-17-54(40)34-23-47(24-34)27-53(28-47)33-12-13-39(42(20-33)62-35-18-30-14-16-49-45(30)50-25-35)46(56)52-63(59,60)36-21-41(55(57)58)44-43(22-36)61-26-32(51-44)19-31-8-5-6-15-48-31/h3-6,8-10,12-16,18,20-22,25,32,34,40,51H,1,7,11,17,19,23-24,26-28H2,2H3,(H,49,50)(H,52,56). The maximum absolute atomic E-state index is 14.0. The number of nitro benzene ring substituents is 1. The third-order valence-electron chi connectivity index (χ3n) is 12.9. The van der Waals surface area contributed by atoms with Crippen LogP contribution < -0.4 is 24.4 Å². The van der Waals surface area contributed by atoms with Crippen LogP contribution in [0.25, 0.3) is 16.6 Å². The molecule has 3 aromatic carbocycles. The van der Waals surface area contributed by atoms with E-state index in [1.165, 1.54) is 29.8 Å². The molecule has 3 aliphatic heterocycles. The number of ether oxygens (including phenoxy) is 2. The number of allylic oxidation sites excluding steroid dienone is 1. The summed E-state index contributed by atoms with van der Waals surface area (Å²) >= 11 is 0. The van der Waals surface area contributed by atoms with Gasteiger partial charge in [0.1, 0.15) is 23.8 Å². The predicted molar refractivity (Wildman–Crippen MR) is 239 cm³/mol. The number of anilines is 2. The van der Waals surface area contributed by atoms with E-state index in [1.54, 1.807) is 42.7 Å². The third-order valence-corrected chi connectivity index (χ3v) is 14.2. The van der Waals surface area contributed by atoms with Gasteiger partial charge in [0, 0.05) is 84.4 Å². The Bertz CT molecular complexity index is 2890. The molecule has 15 nitrogen and oxygen atoms in total. The second-order valence-corrected chi connectivity index (χ2v) is 18.9. The van der Waals surface area contributed by atoms with E-state index in [4.69, 9.17) is 9.47 Å². The van der Waals surface area contributed by atoms with Gasteiger partial charge in [-0.25, -0.2) is 18.1 Å². The van der Waals surface area contributed by atoms with Gasteiger partial charge in [-0.2, -0.15) is 0 Å². The molecular weight excluding hydrogens is 821 g/mol. The highest BCUT2D eigenvalue weighted by Gasteiger charge is 2.55. The lowest BCUT2D eigenvalue weighted by atomic mass is 9.60. The van der Waals surface area contributed by atoms with Crippen LogP contribution in [-0.2, 0) is 16.4 Å². The van der Waals surface area contributed by atoms with Crippen molar-refractivity contribution < 1.29 is 27.6 Å². The van der Waals surface area contributed by atoms with Crippen LogP contribution in [0.15, 0.2) is 115 Å². The zero-order valence-corrected chi connectivity index (χ0v) is 35.4. The minimum Gasteiger partial charge on any atom is -0.489 e. The van der Waals surface area contributed by atoms with Crippen molar-refractivity contribution in [3.63, 3.8) is 0 Å². The molecule has 2 unspecified atom stereocenters. The van der Waals surface area contributed by atoms with Crippen molar-refractivity contribution in [2.24, 2.45) is 5.41 Å². The van der Waals surface area contributed by atoms with Gasteiger partial charge in [0.15, 0.2) is 11.4 Å². The number of H-pyrrole nitrogens is 1. The van der Waals surface area contributed by atoms with Crippen LogP contribution in [0.2, 0.25) is 0 Å². The highest BCUT2D eigenvalue weighted by atomic mass is 32.2. The number of rotatable bonds is 12. The van der Waals surface area contributed by atoms with Gasteiger partial charge in [0.2, 0.25) is 0 Å². The maximum Gasteiger partial charge on any atom is 0.297 e. The number of pyridine rings is 2. The first kappa shape index (κ1) is 40.3. The quantitative estimate of drug-likeness (QED) is 0.0796. The molecule has 1 amide bonds. The summed E-state index contributed by atoms with van der Waals surface area (Å²) in [5.74, 6) is -0.516. The molecule has 3 fully saturated rings. The minimum absolute atomic E-state index is 0.0196. The van der Waals surface area contributed by atoms with E-state index in [9.17, 15) is 23.3 Å². The Labute approximate surface area is 364 Å². The van der Waals surface area contributed by atoms with Gasteiger partial charge in [-0.05, 0) is 86.7 Å². The highest BCUT2D eigenvalue weighted by Crippen LogP contribution is 2.54. The summed E-state index contributed by atoms with van der Waals surface area (Å²) < 4.78 is 42.1. The molecule has 63 heavy (non-hydrogen) atoms. The Hall–Kier alpha value is -6.78. The molecule has 1 aliphatic carbocycles. The van der Waals surface area contributed by atoms with Gasteiger partial charge >= 0.3 is 0 Å². The van der Waals surface area contributed by atoms with Gasteiger partial charge in [0.05, 0.1) is 27.6 Å². The number of aromatic amines is 1. The van der Waals surface area contributed by atoms with E-state index in [2.05, 4.69) is 72.6 Å². The molecule has 322 valence electrons. The monoisotopic (exact) mass is 866 g/mol. The van der Waals surface area contributed by atoms with E-state index >= 15 is 0 Å². The van der Waals surface area contributed by atoms with Crippen molar-refractivity contribution in [1.82, 2.24) is 24.6 Å². The number of aromatic nitrogens is 3. The van der Waals surface area contributed by atoms with Crippen molar-refractivity contribution in [3.8, 4) is 17.2 Å². The summed E-state index contributed by atoms with van der Waals surface area (Å²) in [5, 5.41) is 16.2. The molecular formula is C47H46N8O7S.